The van der Waals surface area contributed by atoms with Crippen LogP contribution < -0.4 is 4.74 Å². The minimum Gasteiger partial charge on any atom is -0.495 e. The van der Waals surface area contributed by atoms with Gasteiger partial charge in [0.15, 0.2) is 0 Å². The molecule has 1 aromatic heterocycles. The van der Waals surface area contributed by atoms with Crippen molar-refractivity contribution in [2.45, 2.75) is 30.5 Å². The summed E-state index contributed by atoms with van der Waals surface area (Å²) in [5, 5.41) is 11.1. The van der Waals surface area contributed by atoms with Gasteiger partial charge in [0.1, 0.15) is 17.0 Å². The fourth-order valence-corrected chi connectivity index (χ4v) is 3.24. The van der Waals surface area contributed by atoms with Crippen molar-refractivity contribution in [1.29, 1.82) is 0 Å². The molecule has 3 heterocycles. The number of hydrogen-bond acceptors (Lipinski definition) is 5. The van der Waals surface area contributed by atoms with E-state index in [-0.39, 0.29) is 12.1 Å². The van der Waals surface area contributed by atoms with E-state index in [1.54, 1.807) is 13.3 Å². The first-order valence-corrected chi connectivity index (χ1v) is 6.65. The molecule has 0 amide bonds. The first-order valence-electron chi connectivity index (χ1n) is 6.65. The van der Waals surface area contributed by atoms with Gasteiger partial charge < -0.3 is 14.6 Å². The number of morpholine rings is 1. The van der Waals surface area contributed by atoms with Gasteiger partial charge in [-0.15, -0.1) is 0 Å². The average molecular weight is 264 g/mol. The number of piperidine rings is 1. The van der Waals surface area contributed by atoms with Gasteiger partial charge in [-0.2, -0.15) is 0 Å². The summed E-state index contributed by atoms with van der Waals surface area (Å²) in [6, 6.07) is 4.16. The zero-order valence-electron chi connectivity index (χ0n) is 11.4. The highest BCUT2D eigenvalue weighted by atomic mass is 16.5. The molecule has 2 aliphatic heterocycles. The zero-order valence-corrected chi connectivity index (χ0v) is 11.4. The number of aromatic nitrogens is 1. The molecular formula is C14H20N2O3. The van der Waals surface area contributed by atoms with Gasteiger partial charge in [-0.05, 0) is 32.0 Å². The van der Waals surface area contributed by atoms with Crippen LogP contribution in [0.2, 0.25) is 0 Å². The van der Waals surface area contributed by atoms with E-state index in [4.69, 9.17) is 9.47 Å². The number of fused-ring (bicyclic) bond motifs is 2. The predicted molar refractivity (Wildman–Crippen MR) is 70.1 cm³/mol. The van der Waals surface area contributed by atoms with Crippen molar-refractivity contribution < 1.29 is 14.6 Å². The Morgan fingerprint density at radius 3 is 2.74 bits per heavy atom. The molecule has 3 rings (SSSR count). The van der Waals surface area contributed by atoms with Gasteiger partial charge >= 0.3 is 0 Å². The van der Waals surface area contributed by atoms with Crippen LogP contribution in [0.5, 0.6) is 5.75 Å². The second-order valence-electron chi connectivity index (χ2n) is 5.50. The number of methoxy groups -OCH3 is 1. The molecular weight excluding hydrogens is 244 g/mol. The summed E-state index contributed by atoms with van der Waals surface area (Å²) >= 11 is 0. The molecule has 5 nitrogen and oxygen atoms in total. The number of rotatable bonds is 2. The molecule has 0 aromatic carbocycles. The van der Waals surface area contributed by atoms with Gasteiger partial charge in [-0.25, -0.2) is 0 Å². The number of hydrogen-bond donors (Lipinski definition) is 1. The third-order valence-corrected chi connectivity index (χ3v) is 4.35. The third-order valence-electron chi connectivity index (χ3n) is 4.35. The van der Waals surface area contributed by atoms with Crippen molar-refractivity contribution in [2.24, 2.45) is 0 Å². The molecule has 2 atom stereocenters. The second kappa shape index (κ2) is 4.74. The average Bonchev–Trinajstić information content (AvgIpc) is 2.41. The van der Waals surface area contributed by atoms with Gasteiger partial charge in [-0.3, -0.25) is 9.88 Å². The molecule has 104 valence electrons. The van der Waals surface area contributed by atoms with Crippen LogP contribution in [-0.2, 0) is 10.3 Å². The molecule has 0 spiro atoms. The quantitative estimate of drug-likeness (QED) is 0.855. The Balaban J connectivity index is 1.95. The second-order valence-corrected chi connectivity index (χ2v) is 5.50. The normalized spacial score (nSPS) is 35.1. The molecule has 19 heavy (non-hydrogen) atoms. The lowest BCUT2D eigenvalue weighted by Crippen LogP contribution is -2.59. The molecule has 0 aliphatic carbocycles. The van der Waals surface area contributed by atoms with Crippen LogP contribution in [0.25, 0.3) is 0 Å². The Hall–Kier alpha value is -1.17. The van der Waals surface area contributed by atoms with Crippen molar-refractivity contribution in [2.75, 3.05) is 27.4 Å². The third kappa shape index (κ3) is 2.12. The van der Waals surface area contributed by atoms with Crippen LogP contribution in [0, 0.1) is 0 Å². The summed E-state index contributed by atoms with van der Waals surface area (Å²) in [6.45, 7) is 1.34. The summed E-state index contributed by atoms with van der Waals surface area (Å²) in [5.41, 5.74) is -0.263. The molecule has 2 aliphatic rings. The van der Waals surface area contributed by atoms with Gasteiger partial charge in [0.05, 0.1) is 20.3 Å². The highest BCUT2D eigenvalue weighted by Crippen LogP contribution is 2.42. The van der Waals surface area contributed by atoms with Crippen LogP contribution in [0.15, 0.2) is 18.3 Å². The van der Waals surface area contributed by atoms with E-state index < -0.39 is 5.60 Å². The topological polar surface area (TPSA) is 54.8 Å². The molecule has 2 unspecified atom stereocenters. The van der Waals surface area contributed by atoms with E-state index in [1.165, 1.54) is 0 Å². The van der Waals surface area contributed by atoms with Crippen molar-refractivity contribution in [1.82, 2.24) is 9.88 Å². The van der Waals surface area contributed by atoms with Gasteiger partial charge in [-0.1, -0.05) is 0 Å². The fraction of sp³-hybridized carbons (Fsp3) is 0.643. The molecule has 1 aromatic rings. The van der Waals surface area contributed by atoms with Gasteiger partial charge in [0.25, 0.3) is 0 Å². The van der Waals surface area contributed by atoms with E-state index in [2.05, 4.69) is 16.9 Å². The first kappa shape index (κ1) is 12.8. The Morgan fingerprint density at radius 2 is 2.11 bits per heavy atom. The molecule has 5 heteroatoms. The SMILES string of the molecule is COc1cccnc1C1(O)CC2COCC(C1)N2C. The maximum atomic E-state index is 11.1. The Labute approximate surface area is 113 Å². The van der Waals surface area contributed by atoms with Gasteiger partial charge in [0.2, 0.25) is 0 Å². The molecule has 2 saturated heterocycles. The predicted octanol–water partition coefficient (Wildman–Crippen LogP) is 0.771. The van der Waals surface area contributed by atoms with Gasteiger partial charge in [0, 0.05) is 18.3 Å². The van der Waals surface area contributed by atoms with Crippen molar-refractivity contribution >= 4 is 0 Å². The zero-order chi connectivity index (χ0) is 13.5. The summed E-state index contributed by atoms with van der Waals surface area (Å²) in [6.07, 6.45) is 2.97. The van der Waals surface area contributed by atoms with E-state index >= 15 is 0 Å². The summed E-state index contributed by atoms with van der Waals surface area (Å²) in [4.78, 5) is 6.68. The van der Waals surface area contributed by atoms with E-state index in [1.807, 2.05) is 12.1 Å². The smallest absolute Gasteiger partial charge is 0.143 e. The minimum atomic E-state index is -0.918. The lowest BCUT2D eigenvalue weighted by molar-refractivity contribution is -0.139. The van der Waals surface area contributed by atoms with Crippen LogP contribution in [0.4, 0.5) is 0 Å². The monoisotopic (exact) mass is 264 g/mol. The van der Waals surface area contributed by atoms with E-state index in [0.29, 0.717) is 37.5 Å². The maximum absolute atomic E-state index is 11.1. The van der Waals surface area contributed by atoms with Crippen molar-refractivity contribution in [3.63, 3.8) is 0 Å². The lowest BCUT2D eigenvalue weighted by Gasteiger charge is -2.50. The lowest BCUT2D eigenvalue weighted by atomic mass is 9.79. The molecule has 2 fully saturated rings. The first-order chi connectivity index (χ1) is 9.14. The van der Waals surface area contributed by atoms with E-state index in [0.717, 1.165) is 0 Å². The van der Waals surface area contributed by atoms with Crippen LogP contribution in [-0.4, -0.2) is 54.4 Å². The Kier molecular flexibility index (Phi) is 3.20. The molecule has 0 radical (unpaired) electrons. The van der Waals surface area contributed by atoms with Crippen LogP contribution in [0.1, 0.15) is 18.5 Å². The minimum absolute atomic E-state index is 0.240. The summed E-state index contributed by atoms with van der Waals surface area (Å²) in [5.74, 6) is 0.661. The number of nitrogens with zero attached hydrogens (tertiary/aromatic N) is 2. The van der Waals surface area contributed by atoms with Crippen molar-refractivity contribution in [3.8, 4) is 5.75 Å². The van der Waals surface area contributed by atoms with E-state index in [9.17, 15) is 5.11 Å². The highest BCUT2D eigenvalue weighted by molar-refractivity contribution is 5.33. The summed E-state index contributed by atoms with van der Waals surface area (Å²) in [7, 11) is 3.72. The Morgan fingerprint density at radius 1 is 1.42 bits per heavy atom. The van der Waals surface area contributed by atoms with Crippen LogP contribution in [0.3, 0.4) is 0 Å². The Bertz CT molecular complexity index is 452. The highest BCUT2D eigenvalue weighted by Gasteiger charge is 2.47. The fourth-order valence-electron chi connectivity index (χ4n) is 3.24. The number of aliphatic hydroxyl groups is 1. The summed E-state index contributed by atoms with van der Waals surface area (Å²) < 4.78 is 10.9. The molecule has 0 saturated carbocycles. The standard InChI is InChI=1S/C14H20N2O3/c1-16-10-6-14(17,7-11(16)9-19-8-10)13-12(18-2)4-3-5-15-13/h3-5,10-11,17H,6-9H2,1-2H3. The number of ether oxygens (including phenoxy) is 2. The van der Waals surface area contributed by atoms with Crippen LogP contribution >= 0.6 is 0 Å². The number of likely N-dealkylation sites (N-methyl/N-ethyl adjacent to an activating group) is 1. The maximum Gasteiger partial charge on any atom is 0.143 e. The number of pyridine rings is 1. The molecule has 2 bridgehead atoms. The molecule has 1 N–H and O–H groups in total. The van der Waals surface area contributed by atoms with Crippen molar-refractivity contribution in [3.05, 3.63) is 24.0 Å². The largest absolute Gasteiger partial charge is 0.495 e.